The van der Waals surface area contributed by atoms with Gasteiger partial charge in [0.15, 0.2) is 0 Å². The van der Waals surface area contributed by atoms with Gasteiger partial charge >= 0.3 is 0 Å². The van der Waals surface area contributed by atoms with Crippen LogP contribution in [0.3, 0.4) is 0 Å². The monoisotopic (exact) mass is 322 g/mol. The molecule has 0 atom stereocenters. The molecule has 0 aromatic carbocycles. The summed E-state index contributed by atoms with van der Waals surface area (Å²) in [5, 5.41) is 0.434. The van der Waals surface area contributed by atoms with E-state index >= 15 is 0 Å². The normalized spacial score (nSPS) is 10.2. The molecule has 23 heavy (non-hydrogen) atoms. The molecule has 0 saturated carbocycles. The van der Waals surface area contributed by atoms with Crippen LogP contribution in [0.15, 0.2) is 42.7 Å². The highest BCUT2D eigenvalue weighted by Crippen LogP contribution is 2.08. The van der Waals surface area contributed by atoms with Gasteiger partial charge in [-0.15, -0.1) is 0 Å². The maximum Gasteiger partial charge on any atom is 0.131 e. The number of hydrogen-bond acceptors (Lipinski definition) is 3. The van der Waals surface area contributed by atoms with Crippen molar-refractivity contribution in [3.63, 3.8) is 0 Å². The Balaban J connectivity index is 1.81. The Morgan fingerprint density at radius 1 is 1.13 bits per heavy atom. The van der Waals surface area contributed by atoms with Gasteiger partial charge in [0.1, 0.15) is 16.7 Å². The van der Waals surface area contributed by atoms with Crippen molar-refractivity contribution in [1.29, 1.82) is 0 Å². The first-order valence-corrected chi connectivity index (χ1v) is 7.58. The molecule has 3 rings (SSSR count). The predicted molar refractivity (Wildman–Crippen MR) is 90.3 cm³/mol. The number of aryl methyl sites for hydroxylation is 2. The van der Waals surface area contributed by atoms with Gasteiger partial charge in [-0.3, -0.25) is 4.98 Å². The minimum atomic E-state index is 0.434. The molecule has 0 spiro atoms. The van der Waals surface area contributed by atoms with Crippen molar-refractivity contribution in [3.8, 4) is 11.8 Å². The van der Waals surface area contributed by atoms with Crippen LogP contribution in [0, 0.1) is 25.7 Å². The van der Waals surface area contributed by atoms with Crippen LogP contribution in [0.25, 0.3) is 0 Å². The van der Waals surface area contributed by atoms with Crippen LogP contribution in [0.5, 0.6) is 0 Å². The summed E-state index contributed by atoms with van der Waals surface area (Å²) in [5.74, 6) is 7.01. The van der Waals surface area contributed by atoms with Gasteiger partial charge in [-0.2, -0.15) is 0 Å². The quantitative estimate of drug-likeness (QED) is 0.536. The average molecular weight is 323 g/mol. The Morgan fingerprint density at radius 2 is 2.00 bits per heavy atom. The minimum Gasteiger partial charge on any atom is -0.328 e. The highest BCUT2D eigenvalue weighted by Gasteiger charge is 2.04. The molecule has 4 nitrogen and oxygen atoms in total. The van der Waals surface area contributed by atoms with E-state index in [2.05, 4.69) is 26.8 Å². The molecule has 0 amide bonds. The van der Waals surface area contributed by atoms with Gasteiger partial charge in [0.05, 0.1) is 12.2 Å². The van der Waals surface area contributed by atoms with E-state index in [0.29, 0.717) is 11.7 Å². The number of hydrogen-bond donors (Lipinski definition) is 0. The summed E-state index contributed by atoms with van der Waals surface area (Å²) >= 11 is 5.85. The molecule has 3 aromatic rings. The lowest BCUT2D eigenvalue weighted by Gasteiger charge is -2.04. The Morgan fingerprint density at radius 3 is 2.78 bits per heavy atom. The van der Waals surface area contributed by atoms with Crippen molar-refractivity contribution in [2.75, 3.05) is 0 Å². The summed E-state index contributed by atoms with van der Waals surface area (Å²) in [7, 11) is 0. The molecule has 3 heterocycles. The second-order valence-electron chi connectivity index (χ2n) is 5.19. The van der Waals surface area contributed by atoms with Gasteiger partial charge in [0.2, 0.25) is 0 Å². The van der Waals surface area contributed by atoms with Crippen molar-refractivity contribution >= 4 is 11.6 Å². The molecule has 0 aliphatic carbocycles. The van der Waals surface area contributed by atoms with Gasteiger partial charge in [-0.25, -0.2) is 9.97 Å². The van der Waals surface area contributed by atoms with Gasteiger partial charge in [-0.05, 0) is 44.0 Å². The lowest BCUT2D eigenvalue weighted by Crippen LogP contribution is -2.03. The zero-order valence-electron chi connectivity index (χ0n) is 12.9. The van der Waals surface area contributed by atoms with Crippen molar-refractivity contribution in [2.45, 2.75) is 20.4 Å². The Labute approximate surface area is 140 Å². The summed E-state index contributed by atoms with van der Waals surface area (Å²) in [6.45, 7) is 4.63. The standard InChI is InChI=1S/C18H15ClN4/c1-13-4-3-5-16(21-13)11-23-12-17(22-14(23)2)7-6-15-8-9-20-18(19)10-15/h3-5,8-10,12H,11H2,1-2H3. The Hall–Kier alpha value is -2.64. The van der Waals surface area contributed by atoms with Crippen LogP contribution in [0.4, 0.5) is 0 Å². The predicted octanol–water partition coefficient (Wildman–Crippen LogP) is 3.39. The number of aromatic nitrogens is 4. The van der Waals surface area contributed by atoms with Gasteiger partial charge in [0, 0.05) is 23.7 Å². The van der Waals surface area contributed by atoms with Gasteiger partial charge in [-0.1, -0.05) is 23.6 Å². The Bertz CT molecular complexity index is 903. The molecule has 0 N–H and O–H groups in total. The number of halogens is 1. The maximum absolute atomic E-state index is 5.85. The maximum atomic E-state index is 5.85. The van der Waals surface area contributed by atoms with Crippen molar-refractivity contribution in [1.82, 2.24) is 19.5 Å². The molecule has 0 radical (unpaired) electrons. The first kappa shape index (κ1) is 15.3. The lowest BCUT2D eigenvalue weighted by atomic mass is 10.2. The molecule has 3 aromatic heterocycles. The summed E-state index contributed by atoms with van der Waals surface area (Å²) < 4.78 is 2.05. The van der Waals surface area contributed by atoms with Crippen LogP contribution >= 0.6 is 11.6 Å². The van der Waals surface area contributed by atoms with Crippen LogP contribution in [0.2, 0.25) is 5.15 Å². The smallest absolute Gasteiger partial charge is 0.131 e. The van der Waals surface area contributed by atoms with E-state index < -0.39 is 0 Å². The minimum absolute atomic E-state index is 0.434. The topological polar surface area (TPSA) is 43.6 Å². The fourth-order valence-electron chi connectivity index (χ4n) is 2.21. The van der Waals surface area contributed by atoms with E-state index in [-0.39, 0.29) is 0 Å². The number of pyridine rings is 2. The SMILES string of the molecule is Cc1cccc(Cn2cc(C#Cc3ccnc(Cl)c3)nc2C)n1. The first-order chi connectivity index (χ1) is 11.1. The lowest BCUT2D eigenvalue weighted by molar-refractivity contribution is 0.739. The molecule has 114 valence electrons. The highest BCUT2D eigenvalue weighted by molar-refractivity contribution is 6.29. The van der Waals surface area contributed by atoms with Gasteiger partial charge < -0.3 is 4.57 Å². The van der Waals surface area contributed by atoms with Crippen molar-refractivity contribution in [2.24, 2.45) is 0 Å². The van der Waals surface area contributed by atoms with E-state index in [9.17, 15) is 0 Å². The summed E-state index contributed by atoms with van der Waals surface area (Å²) in [6, 6.07) is 9.56. The zero-order valence-corrected chi connectivity index (χ0v) is 13.7. The Kier molecular flexibility index (Phi) is 4.40. The summed E-state index contributed by atoms with van der Waals surface area (Å²) in [5.41, 5.74) is 3.56. The average Bonchev–Trinajstić information content (AvgIpc) is 2.86. The van der Waals surface area contributed by atoms with E-state index in [0.717, 1.165) is 28.5 Å². The van der Waals surface area contributed by atoms with Crippen LogP contribution in [-0.2, 0) is 6.54 Å². The van der Waals surface area contributed by atoms with E-state index in [4.69, 9.17) is 11.6 Å². The third-order valence-electron chi connectivity index (χ3n) is 3.32. The molecule has 0 unspecified atom stereocenters. The van der Waals surface area contributed by atoms with E-state index in [1.54, 1.807) is 12.3 Å². The summed E-state index contributed by atoms with van der Waals surface area (Å²) in [4.78, 5) is 12.9. The van der Waals surface area contributed by atoms with Crippen molar-refractivity contribution in [3.05, 3.63) is 76.3 Å². The summed E-state index contributed by atoms with van der Waals surface area (Å²) in [6.07, 6.45) is 3.58. The number of nitrogens with zero attached hydrogens (tertiary/aromatic N) is 4. The third-order valence-corrected chi connectivity index (χ3v) is 3.52. The van der Waals surface area contributed by atoms with Gasteiger partial charge in [0.25, 0.3) is 0 Å². The molecular formula is C18H15ClN4. The fraction of sp³-hybridized carbons (Fsp3) is 0.167. The molecule has 0 saturated heterocycles. The second kappa shape index (κ2) is 6.64. The third kappa shape index (κ3) is 3.97. The fourth-order valence-corrected chi connectivity index (χ4v) is 2.38. The first-order valence-electron chi connectivity index (χ1n) is 7.20. The molecule has 0 aliphatic rings. The second-order valence-corrected chi connectivity index (χ2v) is 5.58. The molecule has 0 aliphatic heterocycles. The largest absolute Gasteiger partial charge is 0.328 e. The zero-order chi connectivity index (χ0) is 16.2. The highest BCUT2D eigenvalue weighted by atomic mass is 35.5. The van der Waals surface area contributed by atoms with Crippen LogP contribution in [-0.4, -0.2) is 19.5 Å². The molecule has 0 fully saturated rings. The number of rotatable bonds is 2. The molecular weight excluding hydrogens is 308 g/mol. The van der Waals surface area contributed by atoms with E-state index in [1.807, 2.05) is 48.9 Å². The molecule has 5 heteroatoms. The number of imidazole rings is 1. The molecule has 0 bridgehead atoms. The van der Waals surface area contributed by atoms with Crippen LogP contribution in [0.1, 0.15) is 28.5 Å². The van der Waals surface area contributed by atoms with Crippen molar-refractivity contribution < 1.29 is 0 Å². The van der Waals surface area contributed by atoms with Crippen LogP contribution < -0.4 is 0 Å². The van der Waals surface area contributed by atoms with E-state index in [1.165, 1.54) is 0 Å².